The molecule has 1 atom stereocenters. The molecule has 0 radical (unpaired) electrons. The number of aryl methyl sites for hydroxylation is 1. The van der Waals surface area contributed by atoms with Gasteiger partial charge in [-0.3, -0.25) is 0 Å². The van der Waals surface area contributed by atoms with Crippen LogP contribution in [0.3, 0.4) is 0 Å². The number of benzene rings is 1. The number of methoxy groups -OCH3 is 1. The SMILES string of the molecule is COc1c(CC(C)O)cc(C)cc1C(C)(F)F. The Labute approximate surface area is 100 Å². The Morgan fingerprint density at radius 2 is 2.00 bits per heavy atom. The van der Waals surface area contributed by atoms with E-state index in [4.69, 9.17) is 4.74 Å². The Kier molecular flexibility index (Phi) is 4.09. The van der Waals surface area contributed by atoms with Gasteiger partial charge in [-0.2, -0.15) is 0 Å². The molecule has 0 amide bonds. The molecule has 1 N–H and O–H groups in total. The van der Waals surface area contributed by atoms with Crippen molar-refractivity contribution in [3.05, 3.63) is 28.8 Å². The first kappa shape index (κ1) is 13.9. The summed E-state index contributed by atoms with van der Waals surface area (Å²) in [4.78, 5) is 0. The summed E-state index contributed by atoms with van der Waals surface area (Å²) in [6.45, 7) is 4.21. The fourth-order valence-corrected chi connectivity index (χ4v) is 1.89. The Bertz CT molecular complexity index is 395. The topological polar surface area (TPSA) is 29.5 Å². The van der Waals surface area contributed by atoms with Crippen molar-refractivity contribution in [2.24, 2.45) is 0 Å². The Morgan fingerprint density at radius 1 is 1.41 bits per heavy atom. The third-order valence-electron chi connectivity index (χ3n) is 2.50. The van der Waals surface area contributed by atoms with Crippen LogP contribution in [0.4, 0.5) is 8.78 Å². The number of halogens is 2. The van der Waals surface area contributed by atoms with Crippen LogP contribution in [0.1, 0.15) is 30.5 Å². The molecule has 0 fully saturated rings. The summed E-state index contributed by atoms with van der Waals surface area (Å²) in [5, 5.41) is 9.37. The maximum absolute atomic E-state index is 13.5. The van der Waals surface area contributed by atoms with Crippen molar-refractivity contribution < 1.29 is 18.6 Å². The summed E-state index contributed by atoms with van der Waals surface area (Å²) in [7, 11) is 1.37. The lowest BCUT2D eigenvalue weighted by atomic mass is 9.97. The summed E-state index contributed by atoms with van der Waals surface area (Å²) >= 11 is 0. The fourth-order valence-electron chi connectivity index (χ4n) is 1.89. The normalized spacial score (nSPS) is 13.6. The molecule has 1 aromatic rings. The molecule has 4 heteroatoms. The van der Waals surface area contributed by atoms with Crippen molar-refractivity contribution in [2.45, 2.75) is 39.2 Å². The molecule has 0 aliphatic heterocycles. The van der Waals surface area contributed by atoms with Gasteiger partial charge in [0.05, 0.1) is 18.8 Å². The minimum absolute atomic E-state index is 0.129. The summed E-state index contributed by atoms with van der Waals surface area (Å²) in [6.07, 6.45) is -0.294. The maximum atomic E-state index is 13.5. The van der Waals surface area contributed by atoms with Gasteiger partial charge in [0.15, 0.2) is 0 Å². The van der Waals surface area contributed by atoms with E-state index in [0.717, 1.165) is 12.5 Å². The van der Waals surface area contributed by atoms with Gasteiger partial charge in [-0.15, -0.1) is 0 Å². The molecule has 17 heavy (non-hydrogen) atoms. The van der Waals surface area contributed by atoms with E-state index in [2.05, 4.69) is 0 Å². The molecular formula is C13H18F2O2. The quantitative estimate of drug-likeness (QED) is 0.882. The van der Waals surface area contributed by atoms with Gasteiger partial charge in [0, 0.05) is 13.3 Å². The molecule has 1 unspecified atom stereocenters. The van der Waals surface area contributed by atoms with Gasteiger partial charge in [-0.25, -0.2) is 8.78 Å². The van der Waals surface area contributed by atoms with Crippen LogP contribution >= 0.6 is 0 Å². The molecule has 0 saturated carbocycles. The van der Waals surface area contributed by atoms with Crippen molar-refractivity contribution in [2.75, 3.05) is 7.11 Å². The molecule has 1 rings (SSSR count). The number of aliphatic hydroxyl groups excluding tert-OH is 1. The average molecular weight is 244 g/mol. The minimum Gasteiger partial charge on any atom is -0.496 e. The second kappa shape index (κ2) is 5.00. The number of alkyl halides is 2. The van der Waals surface area contributed by atoms with Crippen molar-refractivity contribution in [1.82, 2.24) is 0 Å². The number of hydrogen-bond donors (Lipinski definition) is 1. The molecule has 0 aromatic heterocycles. The number of hydrogen-bond acceptors (Lipinski definition) is 2. The summed E-state index contributed by atoms with van der Waals surface area (Å²) in [5.41, 5.74) is 1.22. The summed E-state index contributed by atoms with van der Waals surface area (Å²) in [5.74, 6) is -2.78. The van der Waals surface area contributed by atoms with E-state index < -0.39 is 12.0 Å². The van der Waals surface area contributed by atoms with Crippen LogP contribution in [0.25, 0.3) is 0 Å². The molecule has 0 aliphatic carbocycles. The standard InChI is InChI=1S/C13H18F2O2/c1-8-5-10(7-9(2)16)12(17-4)11(6-8)13(3,14)15/h5-6,9,16H,7H2,1-4H3. The van der Waals surface area contributed by atoms with Gasteiger partial charge < -0.3 is 9.84 Å². The zero-order valence-electron chi connectivity index (χ0n) is 10.6. The van der Waals surface area contributed by atoms with E-state index in [-0.39, 0.29) is 11.3 Å². The summed E-state index contributed by atoms with van der Waals surface area (Å²) < 4.78 is 32.0. The van der Waals surface area contributed by atoms with E-state index >= 15 is 0 Å². The van der Waals surface area contributed by atoms with Crippen LogP contribution in [0.15, 0.2) is 12.1 Å². The van der Waals surface area contributed by atoms with Crippen molar-refractivity contribution in [1.29, 1.82) is 0 Å². The first-order valence-electron chi connectivity index (χ1n) is 5.49. The van der Waals surface area contributed by atoms with E-state index in [9.17, 15) is 13.9 Å². The minimum atomic E-state index is -2.95. The fraction of sp³-hybridized carbons (Fsp3) is 0.538. The molecule has 0 bridgehead atoms. The highest BCUT2D eigenvalue weighted by Crippen LogP contribution is 2.38. The smallest absolute Gasteiger partial charge is 0.274 e. The average Bonchev–Trinajstić information content (AvgIpc) is 2.14. The molecule has 0 spiro atoms. The molecule has 96 valence electrons. The lowest BCUT2D eigenvalue weighted by Gasteiger charge is -2.19. The van der Waals surface area contributed by atoms with Crippen molar-refractivity contribution in [3.63, 3.8) is 0 Å². The molecule has 0 heterocycles. The largest absolute Gasteiger partial charge is 0.496 e. The highest BCUT2D eigenvalue weighted by Gasteiger charge is 2.30. The van der Waals surface area contributed by atoms with Crippen LogP contribution in [-0.2, 0) is 12.3 Å². The van der Waals surface area contributed by atoms with Crippen LogP contribution in [0.2, 0.25) is 0 Å². The molecule has 0 aliphatic rings. The lowest BCUT2D eigenvalue weighted by Crippen LogP contribution is -2.13. The molecule has 1 aromatic carbocycles. The number of rotatable bonds is 4. The van der Waals surface area contributed by atoms with Crippen LogP contribution in [0, 0.1) is 6.92 Å². The van der Waals surface area contributed by atoms with Gasteiger partial charge in [-0.05, 0) is 25.5 Å². The van der Waals surface area contributed by atoms with Crippen LogP contribution < -0.4 is 4.74 Å². The van der Waals surface area contributed by atoms with Crippen LogP contribution in [-0.4, -0.2) is 18.3 Å². The maximum Gasteiger partial charge on any atom is 0.274 e. The first-order valence-corrected chi connectivity index (χ1v) is 5.49. The monoisotopic (exact) mass is 244 g/mol. The van der Waals surface area contributed by atoms with Gasteiger partial charge in [0.2, 0.25) is 0 Å². The Hall–Kier alpha value is -1.16. The lowest BCUT2D eigenvalue weighted by molar-refractivity contribution is 0.0148. The second-order valence-corrected chi connectivity index (χ2v) is 4.45. The van der Waals surface area contributed by atoms with E-state index in [1.54, 1.807) is 19.9 Å². The molecule has 0 saturated heterocycles. The van der Waals surface area contributed by atoms with Crippen LogP contribution in [0.5, 0.6) is 5.75 Å². The highest BCUT2D eigenvalue weighted by atomic mass is 19.3. The number of ether oxygens (including phenoxy) is 1. The Morgan fingerprint density at radius 3 is 2.41 bits per heavy atom. The van der Waals surface area contributed by atoms with Crippen molar-refractivity contribution >= 4 is 0 Å². The zero-order valence-corrected chi connectivity index (χ0v) is 10.6. The second-order valence-electron chi connectivity index (χ2n) is 4.45. The van der Waals surface area contributed by atoms with E-state index in [1.165, 1.54) is 13.2 Å². The van der Waals surface area contributed by atoms with Gasteiger partial charge in [0.1, 0.15) is 5.75 Å². The van der Waals surface area contributed by atoms with E-state index in [0.29, 0.717) is 12.0 Å². The third-order valence-corrected chi connectivity index (χ3v) is 2.50. The molecule has 2 nitrogen and oxygen atoms in total. The first-order chi connectivity index (χ1) is 7.75. The predicted octanol–water partition coefficient (Wildman–Crippen LogP) is 3.04. The van der Waals surface area contributed by atoms with Gasteiger partial charge in [0.25, 0.3) is 5.92 Å². The third kappa shape index (κ3) is 3.40. The Balaban J connectivity index is 3.35. The van der Waals surface area contributed by atoms with Gasteiger partial charge in [-0.1, -0.05) is 11.6 Å². The predicted molar refractivity (Wildman–Crippen MR) is 62.7 cm³/mol. The zero-order chi connectivity index (χ0) is 13.2. The highest BCUT2D eigenvalue weighted by molar-refractivity contribution is 5.46. The summed E-state index contributed by atoms with van der Waals surface area (Å²) in [6, 6.07) is 3.19. The van der Waals surface area contributed by atoms with E-state index in [1.807, 2.05) is 0 Å². The van der Waals surface area contributed by atoms with Crippen molar-refractivity contribution in [3.8, 4) is 5.75 Å². The van der Waals surface area contributed by atoms with Gasteiger partial charge >= 0.3 is 0 Å². The number of aliphatic hydroxyl groups is 1. The molecular weight excluding hydrogens is 226 g/mol.